The van der Waals surface area contributed by atoms with E-state index in [1.807, 2.05) is 61.6 Å². The van der Waals surface area contributed by atoms with Crippen molar-refractivity contribution in [2.45, 2.75) is 24.3 Å². The van der Waals surface area contributed by atoms with Gasteiger partial charge in [0.1, 0.15) is 0 Å². The first-order valence-electron chi connectivity index (χ1n) is 8.09. The second-order valence-electron chi connectivity index (χ2n) is 5.67. The Labute approximate surface area is 146 Å². The predicted molar refractivity (Wildman–Crippen MR) is 100 cm³/mol. The van der Waals surface area contributed by atoms with Crippen LogP contribution in [0.2, 0.25) is 0 Å². The molecular formula is C19H24N2O2S. The third-order valence-electron chi connectivity index (χ3n) is 3.54. The molecule has 0 bridgehead atoms. The summed E-state index contributed by atoms with van der Waals surface area (Å²) >= 11 is 0. The van der Waals surface area contributed by atoms with Crippen LogP contribution in [0, 0.1) is 0 Å². The molecule has 24 heavy (non-hydrogen) atoms. The van der Waals surface area contributed by atoms with Gasteiger partial charge in [0.2, 0.25) is 5.91 Å². The fourth-order valence-corrected chi connectivity index (χ4v) is 3.60. The van der Waals surface area contributed by atoms with Crippen LogP contribution in [0.15, 0.2) is 54.6 Å². The Bertz CT molecular complexity index is 674. The summed E-state index contributed by atoms with van der Waals surface area (Å²) in [6.07, 6.45) is 1.30. The highest BCUT2D eigenvalue weighted by molar-refractivity contribution is 7.83. The molecular weight excluding hydrogens is 320 g/mol. The largest absolute Gasteiger partial charge is 0.326 e. The van der Waals surface area contributed by atoms with Gasteiger partial charge in [-0.3, -0.25) is 9.00 Å². The van der Waals surface area contributed by atoms with Crippen molar-refractivity contribution in [1.82, 2.24) is 5.32 Å². The maximum atomic E-state index is 12.3. The van der Waals surface area contributed by atoms with Crippen LogP contribution in [-0.2, 0) is 27.1 Å². The number of nitrogens with one attached hydrogen (secondary N) is 2. The van der Waals surface area contributed by atoms with Gasteiger partial charge >= 0.3 is 0 Å². The Morgan fingerprint density at radius 2 is 1.71 bits per heavy atom. The SMILES string of the molecule is CNCCCC(=O)Nc1cccc(CS(=O)Cc2ccccc2)c1. The molecule has 0 radical (unpaired) electrons. The molecule has 128 valence electrons. The Hall–Kier alpha value is -1.98. The predicted octanol–water partition coefficient (Wildman–Crippen LogP) is 3.07. The van der Waals surface area contributed by atoms with Gasteiger partial charge in [-0.05, 0) is 43.3 Å². The first-order valence-corrected chi connectivity index (χ1v) is 9.58. The highest BCUT2D eigenvalue weighted by Gasteiger charge is 2.06. The second-order valence-corrected chi connectivity index (χ2v) is 7.13. The van der Waals surface area contributed by atoms with Gasteiger partial charge in [0, 0.05) is 34.4 Å². The van der Waals surface area contributed by atoms with Crippen LogP contribution in [0.4, 0.5) is 5.69 Å². The van der Waals surface area contributed by atoms with Crippen molar-refractivity contribution < 1.29 is 9.00 Å². The number of hydrogen-bond acceptors (Lipinski definition) is 3. The zero-order valence-corrected chi connectivity index (χ0v) is 14.8. The molecule has 1 atom stereocenters. The molecule has 0 aliphatic carbocycles. The minimum absolute atomic E-state index is 0.00723. The molecule has 5 heteroatoms. The highest BCUT2D eigenvalue weighted by atomic mass is 32.2. The van der Waals surface area contributed by atoms with Crippen LogP contribution >= 0.6 is 0 Å². The van der Waals surface area contributed by atoms with Gasteiger partial charge in [-0.1, -0.05) is 42.5 Å². The zero-order valence-electron chi connectivity index (χ0n) is 14.0. The topological polar surface area (TPSA) is 58.2 Å². The maximum Gasteiger partial charge on any atom is 0.224 e. The molecule has 4 nitrogen and oxygen atoms in total. The van der Waals surface area contributed by atoms with Crippen molar-refractivity contribution in [2.75, 3.05) is 18.9 Å². The van der Waals surface area contributed by atoms with Crippen molar-refractivity contribution in [3.05, 3.63) is 65.7 Å². The van der Waals surface area contributed by atoms with Gasteiger partial charge in [0.05, 0.1) is 0 Å². The van der Waals surface area contributed by atoms with Gasteiger partial charge in [0.25, 0.3) is 0 Å². The van der Waals surface area contributed by atoms with E-state index in [1.54, 1.807) is 0 Å². The van der Waals surface area contributed by atoms with Crippen molar-refractivity contribution in [2.24, 2.45) is 0 Å². The van der Waals surface area contributed by atoms with Gasteiger partial charge in [0.15, 0.2) is 0 Å². The molecule has 0 heterocycles. The number of carbonyl (C=O) groups excluding carboxylic acids is 1. The van der Waals surface area contributed by atoms with Crippen LogP contribution in [0.1, 0.15) is 24.0 Å². The zero-order chi connectivity index (χ0) is 17.2. The number of benzene rings is 2. The maximum absolute atomic E-state index is 12.3. The summed E-state index contributed by atoms with van der Waals surface area (Å²) in [6.45, 7) is 0.825. The molecule has 0 saturated heterocycles. The summed E-state index contributed by atoms with van der Waals surface area (Å²) in [5.41, 5.74) is 2.81. The van der Waals surface area contributed by atoms with Crippen LogP contribution in [-0.4, -0.2) is 23.7 Å². The molecule has 0 aromatic heterocycles. The van der Waals surface area contributed by atoms with Gasteiger partial charge in [-0.15, -0.1) is 0 Å². The monoisotopic (exact) mass is 344 g/mol. The third-order valence-corrected chi connectivity index (χ3v) is 4.85. The molecule has 2 N–H and O–H groups in total. The number of hydrogen-bond donors (Lipinski definition) is 2. The van der Waals surface area contributed by atoms with E-state index in [1.165, 1.54) is 0 Å². The Kier molecular flexibility index (Phi) is 7.65. The molecule has 0 saturated carbocycles. The summed E-state index contributed by atoms with van der Waals surface area (Å²) < 4.78 is 12.3. The van der Waals surface area contributed by atoms with Gasteiger partial charge in [-0.25, -0.2) is 0 Å². The summed E-state index contributed by atoms with van der Waals surface area (Å²) in [5.74, 6) is 1.03. The average molecular weight is 344 g/mol. The number of anilines is 1. The molecule has 2 aromatic rings. The lowest BCUT2D eigenvalue weighted by atomic mass is 10.2. The minimum Gasteiger partial charge on any atom is -0.326 e. The van der Waals surface area contributed by atoms with Crippen LogP contribution in [0.25, 0.3) is 0 Å². The van der Waals surface area contributed by atoms with E-state index in [0.29, 0.717) is 17.9 Å². The molecule has 0 fully saturated rings. The van der Waals surface area contributed by atoms with Crippen molar-refractivity contribution in [1.29, 1.82) is 0 Å². The average Bonchev–Trinajstić information content (AvgIpc) is 2.56. The van der Waals surface area contributed by atoms with E-state index in [0.717, 1.165) is 29.8 Å². The Morgan fingerprint density at radius 1 is 1.00 bits per heavy atom. The molecule has 1 amide bonds. The van der Waals surface area contributed by atoms with E-state index in [-0.39, 0.29) is 5.91 Å². The van der Waals surface area contributed by atoms with Crippen molar-refractivity contribution in [3.63, 3.8) is 0 Å². The smallest absolute Gasteiger partial charge is 0.224 e. The van der Waals surface area contributed by atoms with Crippen LogP contribution < -0.4 is 10.6 Å². The summed E-state index contributed by atoms with van der Waals surface area (Å²) in [7, 11) is 0.902. The van der Waals surface area contributed by atoms with Crippen LogP contribution in [0.3, 0.4) is 0 Å². The lowest BCUT2D eigenvalue weighted by molar-refractivity contribution is -0.116. The first-order chi connectivity index (χ1) is 11.7. The fourth-order valence-electron chi connectivity index (χ4n) is 2.39. The number of carbonyl (C=O) groups is 1. The molecule has 2 aromatic carbocycles. The van der Waals surface area contributed by atoms with E-state index < -0.39 is 10.8 Å². The highest BCUT2D eigenvalue weighted by Crippen LogP contribution is 2.14. The first kappa shape index (κ1) is 18.4. The van der Waals surface area contributed by atoms with Crippen molar-refractivity contribution in [3.8, 4) is 0 Å². The lowest BCUT2D eigenvalue weighted by Crippen LogP contribution is -2.15. The normalized spacial score (nSPS) is 11.9. The van der Waals surface area contributed by atoms with E-state index in [2.05, 4.69) is 10.6 Å². The second kappa shape index (κ2) is 10.0. The fraction of sp³-hybridized carbons (Fsp3) is 0.316. The minimum atomic E-state index is -0.970. The number of rotatable bonds is 9. The lowest BCUT2D eigenvalue weighted by Gasteiger charge is -2.08. The standard InChI is InChI=1S/C19H24N2O2S/c1-20-12-6-11-19(22)21-18-10-5-9-17(13-18)15-24(23)14-16-7-3-2-4-8-16/h2-5,7-10,13,20H,6,11-12,14-15H2,1H3,(H,21,22). The number of amides is 1. The summed E-state index contributed by atoms with van der Waals surface area (Å²) in [5, 5.41) is 5.92. The molecule has 0 aliphatic heterocycles. The van der Waals surface area contributed by atoms with Gasteiger partial charge in [-0.2, -0.15) is 0 Å². The van der Waals surface area contributed by atoms with Crippen LogP contribution in [0.5, 0.6) is 0 Å². The quantitative estimate of drug-likeness (QED) is 0.687. The third kappa shape index (κ3) is 6.64. The van der Waals surface area contributed by atoms with Gasteiger partial charge < -0.3 is 10.6 Å². The molecule has 2 rings (SSSR count). The molecule has 0 aliphatic rings. The van der Waals surface area contributed by atoms with Crippen molar-refractivity contribution >= 4 is 22.4 Å². The summed E-state index contributed by atoms with van der Waals surface area (Å²) in [6, 6.07) is 17.4. The van der Waals surface area contributed by atoms with E-state index >= 15 is 0 Å². The van der Waals surface area contributed by atoms with E-state index in [9.17, 15) is 9.00 Å². The Balaban J connectivity index is 1.87. The molecule has 0 spiro atoms. The van der Waals surface area contributed by atoms with E-state index in [4.69, 9.17) is 0 Å². The summed E-state index contributed by atoms with van der Waals surface area (Å²) in [4.78, 5) is 11.9. The molecule has 1 unspecified atom stereocenters. The Morgan fingerprint density at radius 3 is 2.46 bits per heavy atom.